The van der Waals surface area contributed by atoms with Gasteiger partial charge < -0.3 is 0 Å². The second-order valence-electron chi connectivity index (χ2n) is 9.76. The summed E-state index contributed by atoms with van der Waals surface area (Å²) in [5.74, 6) is 0. The number of rotatable bonds is 4. The quantitative estimate of drug-likeness (QED) is 0.117. The maximum atomic E-state index is 2.31. The molecule has 0 aromatic heterocycles. The van der Waals surface area contributed by atoms with Gasteiger partial charge in [0.15, 0.2) is 0 Å². The van der Waals surface area contributed by atoms with Crippen molar-refractivity contribution in [3.63, 3.8) is 0 Å². The van der Waals surface area contributed by atoms with Gasteiger partial charge in [0.05, 0.1) is 0 Å². The molecule has 0 spiro atoms. The van der Waals surface area contributed by atoms with Gasteiger partial charge in [0.2, 0.25) is 0 Å². The van der Waals surface area contributed by atoms with E-state index in [1.165, 1.54) is 49.1 Å². The molecule has 0 aliphatic carbocycles. The molecule has 2 heteroatoms. The molecule has 38 heavy (non-hydrogen) atoms. The van der Waals surface area contributed by atoms with Gasteiger partial charge >= 0.3 is 21.7 Å². The van der Waals surface area contributed by atoms with Crippen molar-refractivity contribution in [3.8, 4) is 0 Å². The average Bonchev–Trinajstić information content (AvgIpc) is 3.60. The van der Waals surface area contributed by atoms with Crippen LogP contribution in [0.4, 0.5) is 0 Å². The summed E-state index contributed by atoms with van der Waals surface area (Å²) in [4.78, 5) is 0. The zero-order chi connectivity index (χ0) is 26.0. The van der Waals surface area contributed by atoms with Crippen LogP contribution >= 0.6 is 7.92 Å². The van der Waals surface area contributed by atoms with Crippen molar-refractivity contribution in [3.05, 3.63) is 150 Å². The van der Waals surface area contributed by atoms with E-state index in [1.54, 1.807) is 0 Å². The molecular formula is C36H37PTi. The largest absolute Gasteiger partial charge is 2.00 e. The van der Waals surface area contributed by atoms with Gasteiger partial charge in [-0.25, -0.2) is 0 Å². The van der Waals surface area contributed by atoms with Crippen molar-refractivity contribution < 1.29 is 21.7 Å². The maximum absolute atomic E-state index is 2.31. The molecule has 0 atom stereocenters. The second-order valence-corrected chi connectivity index (χ2v) is 12.1. The Morgan fingerprint density at radius 1 is 0.632 bits per heavy atom. The third-order valence-electron chi connectivity index (χ3n) is 6.76. The number of hydrogen-bond acceptors (Lipinski definition) is 0. The van der Waals surface area contributed by atoms with Gasteiger partial charge in [-0.3, -0.25) is 0 Å². The first-order valence-electron chi connectivity index (χ1n) is 13.0. The molecule has 0 aliphatic rings. The predicted molar refractivity (Wildman–Crippen MR) is 167 cm³/mol. The smallest absolute Gasteiger partial charge is 0.168 e. The topological polar surface area (TPSA) is 0 Å². The summed E-state index contributed by atoms with van der Waals surface area (Å²) >= 11 is 0. The van der Waals surface area contributed by atoms with Gasteiger partial charge in [-0.1, -0.05) is 85.3 Å². The van der Waals surface area contributed by atoms with E-state index in [0.29, 0.717) is 0 Å². The van der Waals surface area contributed by atoms with Gasteiger partial charge in [-0.2, -0.15) is 18.2 Å². The van der Waals surface area contributed by atoms with Crippen molar-refractivity contribution in [2.75, 3.05) is 13.3 Å². The van der Waals surface area contributed by atoms with Gasteiger partial charge in [0.25, 0.3) is 0 Å². The van der Waals surface area contributed by atoms with Crippen LogP contribution in [-0.2, 0) is 34.6 Å². The van der Waals surface area contributed by atoms with E-state index in [2.05, 4.69) is 155 Å². The molecule has 0 saturated carbocycles. The Morgan fingerprint density at radius 2 is 1.18 bits per heavy atom. The molecule has 0 nitrogen and oxygen atoms in total. The summed E-state index contributed by atoms with van der Waals surface area (Å²) in [7, 11) is 0.0576. The normalized spacial score (nSPS) is 10.3. The number of benzene rings is 4. The molecule has 0 N–H and O–H groups in total. The monoisotopic (exact) mass is 548 g/mol. The van der Waals surface area contributed by atoms with Gasteiger partial charge in [0.1, 0.15) is 0 Å². The predicted octanol–water partition coefficient (Wildman–Crippen LogP) is 9.57. The first-order chi connectivity index (χ1) is 18.0. The van der Waals surface area contributed by atoms with Gasteiger partial charge in [-0.15, -0.1) is 76.7 Å². The summed E-state index contributed by atoms with van der Waals surface area (Å²) in [6.45, 7) is 8.90. The fourth-order valence-corrected chi connectivity index (χ4v) is 5.30. The minimum atomic E-state index is 0. The van der Waals surface area contributed by atoms with Crippen LogP contribution in [0, 0.1) is 13.8 Å². The third-order valence-corrected chi connectivity index (χ3v) is 8.05. The van der Waals surface area contributed by atoms with Crippen LogP contribution < -0.4 is 5.30 Å². The fraction of sp³-hybridized carbons (Fsp3) is 0.167. The van der Waals surface area contributed by atoms with Crippen molar-refractivity contribution in [1.29, 1.82) is 0 Å². The molecule has 0 heterocycles. The minimum Gasteiger partial charge on any atom is -0.168 e. The molecular weight excluding hydrogens is 511 g/mol. The van der Waals surface area contributed by atoms with Crippen molar-refractivity contribution >= 4 is 34.8 Å². The number of aryl methyl sites for hydroxylation is 4. The molecule has 190 valence electrons. The molecule has 0 amide bonds. The summed E-state index contributed by atoms with van der Waals surface area (Å²) < 4.78 is 0. The van der Waals surface area contributed by atoms with Crippen LogP contribution in [0.5, 0.6) is 0 Å². The first-order valence-corrected chi connectivity index (χ1v) is 15.3. The fourth-order valence-electron chi connectivity index (χ4n) is 4.51. The second kappa shape index (κ2) is 15.0. The average molecular weight is 549 g/mol. The summed E-state index contributed by atoms with van der Waals surface area (Å²) in [5, 5.41) is 7.05. The molecule has 0 aliphatic heterocycles. The standard InChI is InChI=1S/C14H14.C11H12P.C11H11.Ti/c1-3-7-13(8-4-1)11-12-14-9-5-2-6-10-14;1-12(2)11-7-9-5-3-4-6-10(9)8-11;1-8-6-7-9(2)11-5-3-4-10(8)11;/h1-10H,11-12H2;3-8H,1-2H3;3-7H,1-2H3;/q;2*-1;+2. The van der Waals surface area contributed by atoms with E-state index in [9.17, 15) is 0 Å². The van der Waals surface area contributed by atoms with E-state index in [0.717, 1.165) is 12.8 Å². The van der Waals surface area contributed by atoms with Crippen LogP contribution in [0.25, 0.3) is 21.5 Å². The SMILES string of the molecule is CP(C)c1cc2ccccc2[cH-]1.Cc1ccc(C)c2[cH-]ccc12.[Ti+2].c1ccc(CCc2ccccc2)cc1. The summed E-state index contributed by atoms with van der Waals surface area (Å²) in [6, 6.07) is 45.2. The van der Waals surface area contributed by atoms with Crippen LogP contribution in [0.1, 0.15) is 22.3 Å². The molecule has 0 radical (unpaired) electrons. The molecule has 0 unspecified atom stereocenters. The Balaban J connectivity index is 0.000000157. The van der Waals surface area contributed by atoms with Crippen LogP contribution in [0.15, 0.2) is 127 Å². The Hall–Kier alpha value is -2.76. The van der Waals surface area contributed by atoms with E-state index < -0.39 is 0 Å². The Labute approximate surface area is 245 Å². The van der Waals surface area contributed by atoms with Crippen LogP contribution in [-0.4, -0.2) is 13.3 Å². The maximum Gasteiger partial charge on any atom is 2.00 e. The van der Waals surface area contributed by atoms with Crippen molar-refractivity contribution in [2.45, 2.75) is 26.7 Å². The van der Waals surface area contributed by atoms with Crippen molar-refractivity contribution in [1.82, 2.24) is 0 Å². The number of hydrogen-bond donors (Lipinski definition) is 0. The third kappa shape index (κ3) is 8.37. The molecule has 6 aromatic rings. The Bertz CT molecular complexity index is 1400. The molecule has 0 saturated heterocycles. The zero-order valence-corrected chi connectivity index (χ0v) is 25.4. The van der Waals surface area contributed by atoms with Gasteiger partial charge in [-0.05, 0) is 44.2 Å². The zero-order valence-electron chi connectivity index (χ0n) is 23.0. The Morgan fingerprint density at radius 3 is 1.74 bits per heavy atom. The van der Waals surface area contributed by atoms with Crippen molar-refractivity contribution in [2.24, 2.45) is 0 Å². The van der Waals surface area contributed by atoms with Gasteiger partial charge in [0, 0.05) is 0 Å². The molecule has 6 aromatic carbocycles. The summed E-state index contributed by atoms with van der Waals surface area (Å²) in [5.41, 5.74) is 5.57. The van der Waals surface area contributed by atoms with Crippen LogP contribution in [0.3, 0.4) is 0 Å². The van der Waals surface area contributed by atoms with E-state index in [1.807, 2.05) is 0 Å². The summed E-state index contributed by atoms with van der Waals surface area (Å²) in [6.07, 6.45) is 2.26. The molecule has 0 fully saturated rings. The minimum absolute atomic E-state index is 0. The van der Waals surface area contributed by atoms with Crippen LogP contribution in [0.2, 0.25) is 0 Å². The van der Waals surface area contributed by atoms with E-state index in [4.69, 9.17) is 0 Å². The number of fused-ring (bicyclic) bond motifs is 2. The molecule has 6 rings (SSSR count). The molecule has 0 bridgehead atoms. The van der Waals surface area contributed by atoms with E-state index >= 15 is 0 Å². The Kier molecular flexibility index (Phi) is 11.8. The van der Waals surface area contributed by atoms with E-state index in [-0.39, 0.29) is 29.6 Å². The first kappa shape index (κ1) is 29.8.